The molecule has 0 nitrogen and oxygen atoms in total. The topological polar surface area (TPSA) is 0 Å². The summed E-state index contributed by atoms with van der Waals surface area (Å²) in [4.78, 5) is 0. The first-order valence-electron chi connectivity index (χ1n) is 18.2. The molecule has 0 saturated heterocycles. The second-order valence-corrected chi connectivity index (χ2v) is 16.7. The Balaban J connectivity index is 0.000000199. The standard InChI is InChI=1S/C33H33.C13H10.C5H5.Zr/c1-32(2,3)30-20-26-24(18-28(30)22-13-9-7-10-14-22)17-25-19-29(23-15-11-8-12-16-23)31(21-27(25)26)33(4,5)6;1-3-7-12(8-4-1)11-13-9-5-2-6-10-13;1-2-4-5-3-1;/h7-21H,1-6H3;1-10H;1-3H,4H2;/q-1;;-1;+2. The van der Waals surface area contributed by atoms with Crippen LogP contribution in [0.3, 0.4) is 0 Å². The van der Waals surface area contributed by atoms with Crippen molar-refractivity contribution in [2.24, 2.45) is 0 Å². The van der Waals surface area contributed by atoms with Gasteiger partial charge < -0.3 is 0 Å². The van der Waals surface area contributed by atoms with E-state index in [9.17, 15) is 0 Å². The summed E-state index contributed by atoms with van der Waals surface area (Å²) in [5.41, 5.74) is 10.8. The van der Waals surface area contributed by atoms with Crippen LogP contribution in [0.2, 0.25) is 0 Å². The quantitative estimate of drug-likeness (QED) is 0.157. The van der Waals surface area contributed by atoms with Crippen LogP contribution in [0.15, 0.2) is 170 Å². The van der Waals surface area contributed by atoms with Crippen LogP contribution in [0.4, 0.5) is 0 Å². The summed E-state index contributed by atoms with van der Waals surface area (Å²) in [6.07, 6.45) is 10.0. The number of rotatable bonds is 4. The normalized spacial score (nSPS) is 12.3. The molecule has 0 amide bonds. The summed E-state index contributed by atoms with van der Waals surface area (Å²) in [7, 11) is 0. The Morgan fingerprint density at radius 1 is 0.538 bits per heavy atom. The van der Waals surface area contributed by atoms with E-state index in [0.29, 0.717) is 0 Å². The van der Waals surface area contributed by atoms with Gasteiger partial charge in [-0.25, -0.2) is 12.2 Å². The van der Waals surface area contributed by atoms with Crippen LogP contribution in [-0.2, 0) is 35.1 Å². The molecule has 8 rings (SSSR count). The Kier molecular flexibility index (Phi) is 11.7. The molecule has 0 heterocycles. The average molecular weight is 752 g/mol. The van der Waals surface area contributed by atoms with Crippen molar-refractivity contribution in [3.63, 3.8) is 0 Å². The van der Waals surface area contributed by atoms with Crippen molar-refractivity contribution >= 4 is 24.8 Å². The van der Waals surface area contributed by atoms with E-state index in [1.807, 2.05) is 12.2 Å². The van der Waals surface area contributed by atoms with Crippen molar-refractivity contribution in [2.45, 2.75) is 58.8 Å². The third kappa shape index (κ3) is 8.89. The molecule has 0 atom stereocenters. The van der Waals surface area contributed by atoms with Crippen molar-refractivity contribution in [1.29, 1.82) is 0 Å². The molecule has 0 unspecified atom stereocenters. The van der Waals surface area contributed by atoms with Crippen LogP contribution in [0.5, 0.6) is 0 Å². The van der Waals surface area contributed by atoms with Gasteiger partial charge in [0.15, 0.2) is 0 Å². The maximum atomic E-state index is 2.99. The Hall–Kier alpha value is -4.58. The van der Waals surface area contributed by atoms with Gasteiger partial charge in [0.1, 0.15) is 0 Å². The van der Waals surface area contributed by atoms with Gasteiger partial charge in [-0.2, -0.15) is 6.08 Å². The van der Waals surface area contributed by atoms with Crippen LogP contribution in [-0.4, -0.2) is 3.21 Å². The van der Waals surface area contributed by atoms with E-state index in [2.05, 4.69) is 205 Å². The van der Waals surface area contributed by atoms with Crippen LogP contribution < -0.4 is 0 Å². The molecule has 0 fully saturated rings. The SMILES string of the molecule is CC(C)(C)c1cc2c(cc1-c1ccccc1)[cH-]c1cc(-c3ccccc3)c(C(C)(C)C)cc12.[C-]1=CC=CC1.[Zr+2]=[C](c1ccccc1)c1ccccc1. The first-order chi connectivity index (χ1) is 25.0. The van der Waals surface area contributed by atoms with Crippen LogP contribution in [0, 0.1) is 6.08 Å². The molecule has 0 spiro atoms. The van der Waals surface area contributed by atoms with E-state index in [1.165, 1.54) is 93.5 Å². The third-order valence-electron chi connectivity index (χ3n) is 9.48. The molecule has 1 aliphatic carbocycles. The number of fused-ring (bicyclic) bond motifs is 3. The van der Waals surface area contributed by atoms with Crippen LogP contribution in [0.1, 0.15) is 70.2 Å². The zero-order chi connectivity index (χ0) is 36.7. The molecule has 0 bridgehead atoms. The van der Waals surface area contributed by atoms with E-state index < -0.39 is 0 Å². The van der Waals surface area contributed by atoms with Crippen molar-refractivity contribution < 1.29 is 24.2 Å². The van der Waals surface area contributed by atoms with Gasteiger partial charge in [0.2, 0.25) is 0 Å². The first-order valence-corrected chi connectivity index (χ1v) is 19.5. The Bertz CT molecular complexity index is 2140. The molecule has 0 N–H and O–H groups in total. The van der Waals surface area contributed by atoms with Crippen molar-refractivity contribution in [3.8, 4) is 22.3 Å². The van der Waals surface area contributed by atoms with Gasteiger partial charge in [0.25, 0.3) is 0 Å². The molecule has 0 aliphatic heterocycles. The van der Waals surface area contributed by atoms with Crippen LogP contribution >= 0.6 is 0 Å². The Labute approximate surface area is 326 Å². The van der Waals surface area contributed by atoms with Crippen molar-refractivity contribution in [1.82, 2.24) is 0 Å². The van der Waals surface area contributed by atoms with Gasteiger partial charge in [-0.05, 0) is 44.2 Å². The number of hydrogen-bond acceptors (Lipinski definition) is 0. The molecule has 0 saturated carbocycles. The molecule has 1 heteroatoms. The predicted molar refractivity (Wildman–Crippen MR) is 223 cm³/mol. The van der Waals surface area contributed by atoms with E-state index in [0.717, 1.165) is 6.42 Å². The predicted octanol–water partition coefficient (Wildman–Crippen LogP) is 13.7. The Morgan fingerprint density at radius 2 is 0.923 bits per heavy atom. The monoisotopic (exact) mass is 750 g/mol. The molecule has 0 aromatic heterocycles. The van der Waals surface area contributed by atoms with Gasteiger partial charge in [0, 0.05) is 0 Å². The molecule has 7 aromatic rings. The third-order valence-corrected chi connectivity index (χ3v) is 10.9. The fourth-order valence-electron chi connectivity index (χ4n) is 6.78. The van der Waals surface area contributed by atoms with Crippen molar-refractivity contribution in [2.75, 3.05) is 0 Å². The minimum atomic E-state index is 0.0554. The van der Waals surface area contributed by atoms with E-state index in [1.54, 1.807) is 0 Å². The summed E-state index contributed by atoms with van der Waals surface area (Å²) in [5, 5.41) is 5.36. The van der Waals surface area contributed by atoms with E-state index in [4.69, 9.17) is 0 Å². The molecular formula is C51H48Zr. The number of allylic oxidation sites excluding steroid dienone is 4. The van der Waals surface area contributed by atoms with Gasteiger partial charge in [0.05, 0.1) is 0 Å². The molecule has 7 aromatic carbocycles. The average Bonchev–Trinajstić information content (AvgIpc) is 3.86. The second kappa shape index (κ2) is 16.4. The fraction of sp³-hybridized carbons (Fsp3) is 0.176. The van der Waals surface area contributed by atoms with E-state index in [-0.39, 0.29) is 10.8 Å². The summed E-state index contributed by atoms with van der Waals surface area (Å²) < 4.78 is 1.42. The molecular weight excluding hydrogens is 704 g/mol. The number of benzene rings is 6. The second-order valence-electron chi connectivity index (χ2n) is 15.5. The summed E-state index contributed by atoms with van der Waals surface area (Å²) in [6, 6.07) is 54.8. The Morgan fingerprint density at radius 3 is 1.23 bits per heavy atom. The zero-order valence-electron chi connectivity index (χ0n) is 31.4. The van der Waals surface area contributed by atoms with Gasteiger partial charge >= 0.3 is 99.2 Å². The zero-order valence-corrected chi connectivity index (χ0v) is 33.8. The first kappa shape index (κ1) is 37.2. The van der Waals surface area contributed by atoms with E-state index >= 15 is 0 Å². The maximum absolute atomic E-state index is 2.99. The summed E-state index contributed by atoms with van der Waals surface area (Å²) in [6.45, 7) is 13.9. The molecule has 0 radical (unpaired) electrons. The summed E-state index contributed by atoms with van der Waals surface area (Å²) >= 11 is 1.46. The molecule has 256 valence electrons. The summed E-state index contributed by atoms with van der Waals surface area (Å²) in [5.74, 6) is 0. The fourth-order valence-corrected chi connectivity index (χ4v) is 7.60. The molecule has 1 aliphatic rings. The minimum absolute atomic E-state index is 0.0554. The van der Waals surface area contributed by atoms with Gasteiger partial charge in [-0.15, -0.1) is 46.2 Å². The van der Waals surface area contributed by atoms with Crippen molar-refractivity contribution in [3.05, 3.63) is 198 Å². The molecule has 52 heavy (non-hydrogen) atoms. The van der Waals surface area contributed by atoms with Gasteiger partial charge in [-0.1, -0.05) is 114 Å². The van der Waals surface area contributed by atoms with Gasteiger partial charge in [-0.3, -0.25) is 6.08 Å². The number of hydrogen-bond donors (Lipinski definition) is 0. The van der Waals surface area contributed by atoms with Crippen LogP contribution in [0.25, 0.3) is 43.8 Å².